The van der Waals surface area contributed by atoms with Gasteiger partial charge < -0.3 is 25.1 Å². The summed E-state index contributed by atoms with van der Waals surface area (Å²) in [6.07, 6.45) is 8.81. The van der Waals surface area contributed by atoms with E-state index < -0.39 is 5.91 Å². The Labute approximate surface area is 261 Å². The lowest BCUT2D eigenvalue weighted by Crippen LogP contribution is -2.26. The van der Waals surface area contributed by atoms with Crippen molar-refractivity contribution >= 4 is 17.4 Å². The number of amides is 1. The normalized spacial score (nSPS) is 13.4. The molecule has 0 unspecified atom stereocenters. The molecule has 9 nitrogen and oxygen atoms in total. The van der Waals surface area contributed by atoms with Gasteiger partial charge in [0.1, 0.15) is 11.4 Å². The summed E-state index contributed by atoms with van der Waals surface area (Å²) in [6, 6.07) is 20.8. The number of carbonyl (C=O) groups excluding carboxylic acids is 1. The SMILES string of the molecule is COc1cc(-c2cnc(N)c(-c3ccc(NC(=O)c4cn(CC5CCOCC5)cc(-c5ccc(C)cc5)c4=O)cc3)c2)ccn1. The number of hydrogen-bond donors (Lipinski definition) is 2. The van der Waals surface area contributed by atoms with Gasteiger partial charge in [0.2, 0.25) is 11.3 Å². The van der Waals surface area contributed by atoms with Crippen LogP contribution < -0.4 is 21.2 Å². The zero-order valence-corrected chi connectivity index (χ0v) is 25.3. The molecule has 1 amide bonds. The van der Waals surface area contributed by atoms with E-state index in [1.807, 2.05) is 72.3 Å². The number of aromatic nitrogens is 3. The highest BCUT2D eigenvalue weighted by atomic mass is 16.5. The molecule has 6 rings (SSSR count). The van der Waals surface area contributed by atoms with Crippen LogP contribution in [0.3, 0.4) is 0 Å². The summed E-state index contributed by atoms with van der Waals surface area (Å²) in [5.41, 5.74) is 12.3. The lowest BCUT2D eigenvalue weighted by molar-refractivity contribution is 0.0612. The maximum atomic E-state index is 13.7. The number of nitrogens with zero attached hydrogens (tertiary/aromatic N) is 3. The maximum Gasteiger partial charge on any atom is 0.261 e. The first-order valence-electron chi connectivity index (χ1n) is 14.9. The van der Waals surface area contributed by atoms with Gasteiger partial charge in [-0.2, -0.15) is 0 Å². The summed E-state index contributed by atoms with van der Waals surface area (Å²) in [4.78, 5) is 35.8. The van der Waals surface area contributed by atoms with Crippen LogP contribution in [0.4, 0.5) is 11.5 Å². The van der Waals surface area contributed by atoms with Crippen molar-refractivity contribution in [1.82, 2.24) is 14.5 Å². The number of ether oxygens (including phenoxy) is 2. The Morgan fingerprint density at radius 2 is 1.64 bits per heavy atom. The van der Waals surface area contributed by atoms with E-state index in [0.717, 1.165) is 59.4 Å². The molecular weight excluding hydrogens is 566 g/mol. The second-order valence-electron chi connectivity index (χ2n) is 11.3. The van der Waals surface area contributed by atoms with Crippen LogP contribution in [0.5, 0.6) is 5.88 Å². The van der Waals surface area contributed by atoms with Gasteiger partial charge in [0.05, 0.1) is 7.11 Å². The fraction of sp³-hybridized carbons (Fsp3) is 0.222. The summed E-state index contributed by atoms with van der Waals surface area (Å²) in [5, 5.41) is 2.92. The van der Waals surface area contributed by atoms with E-state index in [4.69, 9.17) is 15.2 Å². The Morgan fingerprint density at radius 3 is 2.38 bits per heavy atom. The molecule has 0 atom stereocenters. The quantitative estimate of drug-likeness (QED) is 0.217. The van der Waals surface area contributed by atoms with Crippen molar-refractivity contribution in [3.63, 3.8) is 0 Å². The van der Waals surface area contributed by atoms with Crippen LogP contribution in [0.15, 0.2) is 96.3 Å². The van der Waals surface area contributed by atoms with Crippen LogP contribution in [0.2, 0.25) is 0 Å². The van der Waals surface area contributed by atoms with Crippen LogP contribution in [0.25, 0.3) is 33.4 Å². The molecule has 1 aliphatic heterocycles. The Morgan fingerprint density at radius 1 is 0.933 bits per heavy atom. The Kier molecular flexibility index (Phi) is 8.70. The molecule has 5 aromatic rings. The topological polar surface area (TPSA) is 121 Å². The molecule has 3 N–H and O–H groups in total. The van der Waals surface area contributed by atoms with Gasteiger partial charge in [-0.3, -0.25) is 9.59 Å². The number of benzene rings is 2. The predicted octanol–water partition coefficient (Wildman–Crippen LogP) is 6.22. The van der Waals surface area contributed by atoms with Crippen LogP contribution in [-0.4, -0.2) is 40.8 Å². The van der Waals surface area contributed by atoms with Crippen LogP contribution in [-0.2, 0) is 11.3 Å². The van der Waals surface area contributed by atoms with Gasteiger partial charge in [-0.25, -0.2) is 9.97 Å². The number of nitrogens with two attached hydrogens (primary N) is 1. The predicted molar refractivity (Wildman–Crippen MR) is 176 cm³/mol. The third kappa shape index (κ3) is 6.78. The van der Waals surface area contributed by atoms with E-state index in [0.29, 0.717) is 35.4 Å². The first-order valence-corrected chi connectivity index (χ1v) is 14.9. The molecule has 45 heavy (non-hydrogen) atoms. The maximum absolute atomic E-state index is 13.7. The molecule has 1 fully saturated rings. The highest BCUT2D eigenvalue weighted by molar-refractivity contribution is 6.04. The van der Waals surface area contributed by atoms with Crippen molar-refractivity contribution in [3.8, 4) is 39.3 Å². The molecule has 1 saturated heterocycles. The standard InChI is InChI=1S/C36H35N5O4/c1-23-3-5-26(6-4-23)31-21-41(20-24-12-15-45-16-13-24)22-32(34(31)42)36(43)40-29-9-7-25(8-10-29)30-17-28(19-39-35(30)37)27-11-14-38-33(18-27)44-2/h3-11,14,17-19,21-22,24H,12-13,15-16,20H2,1-2H3,(H2,37,39)(H,40,43). The minimum Gasteiger partial charge on any atom is -0.481 e. The van der Waals surface area contributed by atoms with Gasteiger partial charge in [-0.1, -0.05) is 42.0 Å². The van der Waals surface area contributed by atoms with Crippen molar-refractivity contribution in [1.29, 1.82) is 0 Å². The molecule has 2 aromatic carbocycles. The van der Waals surface area contributed by atoms with Crippen molar-refractivity contribution in [3.05, 3.63) is 113 Å². The van der Waals surface area contributed by atoms with Gasteiger partial charge in [-0.15, -0.1) is 0 Å². The molecular formula is C36H35N5O4. The third-order valence-electron chi connectivity index (χ3n) is 8.15. The van der Waals surface area contributed by atoms with Crippen LogP contribution in [0, 0.1) is 12.8 Å². The van der Waals surface area contributed by atoms with Gasteiger partial charge in [0.15, 0.2) is 0 Å². The zero-order valence-electron chi connectivity index (χ0n) is 25.3. The Bertz CT molecular complexity index is 1880. The lowest BCUT2D eigenvalue weighted by atomic mass is 9.99. The minimum atomic E-state index is -0.461. The fourth-order valence-corrected chi connectivity index (χ4v) is 5.56. The van der Waals surface area contributed by atoms with Crippen molar-refractivity contribution in [2.75, 3.05) is 31.4 Å². The summed E-state index contributed by atoms with van der Waals surface area (Å²) in [7, 11) is 1.57. The molecule has 1 aliphatic rings. The van der Waals surface area contributed by atoms with Crippen molar-refractivity contribution < 1.29 is 14.3 Å². The molecule has 0 bridgehead atoms. The number of carbonyl (C=O) groups is 1. The number of nitrogen functional groups attached to an aromatic ring is 1. The largest absolute Gasteiger partial charge is 0.481 e. The first kappa shape index (κ1) is 29.8. The number of hydrogen-bond acceptors (Lipinski definition) is 7. The smallest absolute Gasteiger partial charge is 0.261 e. The van der Waals surface area contributed by atoms with Gasteiger partial charge in [0.25, 0.3) is 5.91 Å². The second kappa shape index (κ2) is 13.2. The van der Waals surface area contributed by atoms with Gasteiger partial charge in [0, 0.05) is 73.0 Å². The number of methoxy groups -OCH3 is 1. The van der Waals surface area contributed by atoms with E-state index >= 15 is 0 Å². The van der Waals surface area contributed by atoms with E-state index in [2.05, 4.69) is 15.3 Å². The number of rotatable bonds is 8. The zero-order chi connectivity index (χ0) is 31.3. The number of pyridine rings is 3. The molecule has 3 aromatic heterocycles. The summed E-state index contributed by atoms with van der Waals surface area (Å²) >= 11 is 0. The Balaban J connectivity index is 1.27. The number of anilines is 2. The molecule has 0 saturated carbocycles. The van der Waals surface area contributed by atoms with E-state index in [9.17, 15) is 9.59 Å². The lowest BCUT2D eigenvalue weighted by Gasteiger charge is -2.23. The van der Waals surface area contributed by atoms with Crippen LogP contribution in [0.1, 0.15) is 28.8 Å². The fourth-order valence-electron chi connectivity index (χ4n) is 5.56. The van der Waals surface area contributed by atoms with E-state index in [1.165, 1.54) is 0 Å². The summed E-state index contributed by atoms with van der Waals surface area (Å²) < 4.78 is 12.8. The first-order chi connectivity index (χ1) is 21.9. The second-order valence-corrected chi connectivity index (χ2v) is 11.3. The van der Waals surface area contributed by atoms with Gasteiger partial charge >= 0.3 is 0 Å². The monoisotopic (exact) mass is 601 g/mol. The van der Waals surface area contributed by atoms with Gasteiger partial charge in [-0.05, 0) is 66.6 Å². The minimum absolute atomic E-state index is 0.0955. The average molecular weight is 602 g/mol. The van der Waals surface area contributed by atoms with Crippen molar-refractivity contribution in [2.45, 2.75) is 26.3 Å². The third-order valence-corrected chi connectivity index (χ3v) is 8.15. The van der Waals surface area contributed by atoms with Crippen LogP contribution >= 0.6 is 0 Å². The molecule has 0 radical (unpaired) electrons. The molecule has 9 heteroatoms. The summed E-state index contributed by atoms with van der Waals surface area (Å²) in [6.45, 7) is 4.16. The molecule has 0 spiro atoms. The number of nitrogens with one attached hydrogen (secondary N) is 1. The highest BCUT2D eigenvalue weighted by Crippen LogP contribution is 2.31. The highest BCUT2D eigenvalue weighted by Gasteiger charge is 2.20. The average Bonchev–Trinajstić information content (AvgIpc) is 3.07. The van der Waals surface area contributed by atoms with E-state index in [-0.39, 0.29) is 11.0 Å². The molecule has 0 aliphatic carbocycles. The van der Waals surface area contributed by atoms with Crippen molar-refractivity contribution in [2.24, 2.45) is 5.92 Å². The molecule has 228 valence electrons. The number of aryl methyl sites for hydroxylation is 1. The Hall–Kier alpha value is -5.28. The molecule has 4 heterocycles. The summed E-state index contributed by atoms with van der Waals surface area (Å²) in [5.74, 6) is 0.842. The van der Waals surface area contributed by atoms with E-state index in [1.54, 1.807) is 37.8 Å².